The predicted molar refractivity (Wildman–Crippen MR) is 56.3 cm³/mol. The van der Waals surface area contributed by atoms with Gasteiger partial charge in [-0.15, -0.1) is 0 Å². The van der Waals surface area contributed by atoms with E-state index in [2.05, 4.69) is 0 Å². The summed E-state index contributed by atoms with van der Waals surface area (Å²) in [6, 6.07) is 0. The fourth-order valence-corrected chi connectivity index (χ4v) is 1.96. The molecule has 0 radical (unpaired) electrons. The number of hydrogen-bond donors (Lipinski definition) is 1. The molecule has 0 spiro atoms. The first-order valence-corrected chi connectivity index (χ1v) is 5.83. The van der Waals surface area contributed by atoms with E-state index < -0.39 is 18.2 Å². The minimum Gasteiger partial charge on any atom is -0.393 e. The van der Waals surface area contributed by atoms with Gasteiger partial charge in [-0.2, -0.15) is 13.2 Å². The minimum atomic E-state index is -4.22. The molecule has 1 amide bonds. The number of piperidine rings is 1. The number of hydrogen-bond acceptors (Lipinski definition) is 2. The van der Waals surface area contributed by atoms with Crippen LogP contribution in [0.3, 0.4) is 0 Å². The van der Waals surface area contributed by atoms with Crippen molar-refractivity contribution in [1.29, 1.82) is 0 Å². The van der Waals surface area contributed by atoms with E-state index in [1.165, 1.54) is 4.90 Å². The van der Waals surface area contributed by atoms with Gasteiger partial charge < -0.3 is 10.0 Å². The Morgan fingerprint density at radius 3 is 2.71 bits per heavy atom. The summed E-state index contributed by atoms with van der Waals surface area (Å²) in [7, 11) is 0. The Morgan fingerprint density at radius 1 is 1.53 bits per heavy atom. The molecule has 1 heterocycles. The Labute approximate surface area is 98.6 Å². The first-order valence-electron chi connectivity index (χ1n) is 5.83. The van der Waals surface area contributed by atoms with Crippen LogP contribution in [0.15, 0.2) is 0 Å². The molecule has 0 aromatic carbocycles. The monoisotopic (exact) mass is 253 g/mol. The molecule has 0 aromatic rings. The highest BCUT2D eigenvalue weighted by Crippen LogP contribution is 2.33. The van der Waals surface area contributed by atoms with Crippen LogP contribution in [0.1, 0.15) is 32.6 Å². The molecule has 17 heavy (non-hydrogen) atoms. The third-order valence-electron chi connectivity index (χ3n) is 3.01. The van der Waals surface area contributed by atoms with E-state index in [4.69, 9.17) is 5.11 Å². The van der Waals surface area contributed by atoms with Crippen molar-refractivity contribution in [3.8, 4) is 0 Å². The summed E-state index contributed by atoms with van der Waals surface area (Å²) in [6.07, 6.45) is -3.91. The van der Waals surface area contributed by atoms with E-state index in [9.17, 15) is 18.0 Å². The Balaban J connectivity index is 2.46. The van der Waals surface area contributed by atoms with Gasteiger partial charge in [-0.25, -0.2) is 0 Å². The van der Waals surface area contributed by atoms with Crippen molar-refractivity contribution >= 4 is 5.91 Å². The van der Waals surface area contributed by atoms with Gasteiger partial charge in [0.1, 0.15) is 0 Å². The van der Waals surface area contributed by atoms with Crippen LogP contribution in [0.25, 0.3) is 0 Å². The molecule has 2 atom stereocenters. The van der Waals surface area contributed by atoms with Crippen LogP contribution >= 0.6 is 0 Å². The topological polar surface area (TPSA) is 40.5 Å². The maximum absolute atomic E-state index is 12.5. The Bertz CT molecular complexity index is 266. The zero-order valence-electron chi connectivity index (χ0n) is 9.83. The van der Waals surface area contributed by atoms with Crippen molar-refractivity contribution in [2.24, 2.45) is 5.92 Å². The van der Waals surface area contributed by atoms with Gasteiger partial charge in [0.2, 0.25) is 5.91 Å². The quantitative estimate of drug-likeness (QED) is 0.835. The van der Waals surface area contributed by atoms with Crippen LogP contribution in [0, 0.1) is 5.92 Å². The Kier molecular flexibility index (Phi) is 4.80. The maximum atomic E-state index is 12.5. The molecule has 0 saturated carbocycles. The van der Waals surface area contributed by atoms with Crippen molar-refractivity contribution < 1.29 is 23.1 Å². The van der Waals surface area contributed by atoms with Crippen LogP contribution in [-0.2, 0) is 4.79 Å². The average molecular weight is 253 g/mol. The average Bonchev–Trinajstić information content (AvgIpc) is 2.25. The van der Waals surface area contributed by atoms with Crippen molar-refractivity contribution in [3.05, 3.63) is 0 Å². The molecule has 1 N–H and O–H groups in total. The second-order valence-corrected chi connectivity index (χ2v) is 4.61. The van der Waals surface area contributed by atoms with E-state index in [1.807, 2.05) is 0 Å². The summed E-state index contributed by atoms with van der Waals surface area (Å²) in [5, 5.41) is 9.03. The summed E-state index contributed by atoms with van der Waals surface area (Å²) < 4.78 is 37.5. The molecule has 0 aromatic heterocycles. The van der Waals surface area contributed by atoms with Gasteiger partial charge in [0.15, 0.2) is 0 Å². The van der Waals surface area contributed by atoms with Crippen molar-refractivity contribution in [3.63, 3.8) is 0 Å². The lowest BCUT2D eigenvalue weighted by atomic mass is 9.97. The van der Waals surface area contributed by atoms with Gasteiger partial charge in [-0.05, 0) is 26.2 Å². The fourth-order valence-electron chi connectivity index (χ4n) is 1.96. The van der Waals surface area contributed by atoms with Gasteiger partial charge in [0.25, 0.3) is 0 Å². The van der Waals surface area contributed by atoms with E-state index >= 15 is 0 Å². The molecule has 3 nitrogen and oxygen atoms in total. The number of rotatable bonds is 3. The number of aliphatic hydroxyl groups is 1. The second-order valence-electron chi connectivity index (χ2n) is 4.61. The normalized spacial score (nSPS) is 23.6. The van der Waals surface area contributed by atoms with Crippen molar-refractivity contribution in [1.82, 2.24) is 4.90 Å². The predicted octanol–water partition coefficient (Wildman–Crippen LogP) is 1.95. The lowest BCUT2D eigenvalue weighted by molar-refractivity contribution is -0.188. The van der Waals surface area contributed by atoms with Crippen LogP contribution in [0.5, 0.6) is 0 Å². The molecule has 0 bridgehead atoms. The third kappa shape index (κ3) is 4.53. The van der Waals surface area contributed by atoms with E-state index in [0.717, 1.165) is 0 Å². The number of carbonyl (C=O) groups is 1. The first-order chi connectivity index (χ1) is 7.80. The highest BCUT2D eigenvalue weighted by molar-refractivity contribution is 5.76. The second kappa shape index (κ2) is 5.71. The Hall–Kier alpha value is -0.780. The van der Waals surface area contributed by atoms with Crippen molar-refractivity contribution in [2.45, 2.75) is 44.9 Å². The number of amides is 1. The number of likely N-dealkylation sites (tertiary alicyclic amines) is 1. The molecular formula is C11H18F3NO2. The molecule has 1 aliphatic rings. The molecule has 1 aliphatic heterocycles. The van der Waals surface area contributed by atoms with Gasteiger partial charge in [-0.3, -0.25) is 4.79 Å². The molecule has 1 fully saturated rings. The van der Waals surface area contributed by atoms with Gasteiger partial charge >= 0.3 is 6.18 Å². The minimum absolute atomic E-state index is 0.101. The zero-order chi connectivity index (χ0) is 13.1. The molecule has 1 saturated heterocycles. The summed E-state index contributed by atoms with van der Waals surface area (Å²) in [6.45, 7) is 1.72. The number of halogens is 3. The van der Waals surface area contributed by atoms with E-state index in [-0.39, 0.29) is 25.3 Å². The number of aliphatic hydroxyl groups excluding tert-OH is 1. The lowest BCUT2D eigenvalue weighted by Gasteiger charge is -2.33. The number of carbonyl (C=O) groups excluding carboxylic acids is 1. The van der Waals surface area contributed by atoms with Crippen LogP contribution in [0.2, 0.25) is 0 Å². The summed E-state index contributed by atoms with van der Waals surface area (Å²) >= 11 is 0. The largest absolute Gasteiger partial charge is 0.393 e. The first kappa shape index (κ1) is 14.3. The fraction of sp³-hybridized carbons (Fsp3) is 0.909. The maximum Gasteiger partial charge on any atom is 0.393 e. The molecule has 2 unspecified atom stereocenters. The smallest absolute Gasteiger partial charge is 0.393 e. The summed E-state index contributed by atoms with van der Waals surface area (Å²) in [5.74, 6) is -1.69. The van der Waals surface area contributed by atoms with Gasteiger partial charge in [-0.1, -0.05) is 0 Å². The van der Waals surface area contributed by atoms with Crippen LogP contribution < -0.4 is 0 Å². The molecule has 0 aliphatic carbocycles. The molecule has 6 heteroatoms. The number of alkyl halides is 3. The molecule has 1 rings (SSSR count). The van der Waals surface area contributed by atoms with Gasteiger partial charge in [0.05, 0.1) is 12.0 Å². The highest BCUT2D eigenvalue weighted by Gasteiger charge is 2.42. The SMILES string of the molecule is CC(O)CCC(=O)N1CCCC(C(F)(F)F)C1. The third-order valence-corrected chi connectivity index (χ3v) is 3.01. The van der Waals surface area contributed by atoms with Gasteiger partial charge in [0, 0.05) is 19.5 Å². The van der Waals surface area contributed by atoms with Crippen LogP contribution in [-0.4, -0.2) is 41.3 Å². The zero-order valence-corrected chi connectivity index (χ0v) is 9.83. The number of nitrogens with zero attached hydrogens (tertiary/aromatic N) is 1. The lowest BCUT2D eigenvalue weighted by Crippen LogP contribution is -2.44. The Morgan fingerprint density at radius 2 is 2.18 bits per heavy atom. The standard InChI is InChI=1S/C11H18F3NO2/c1-8(16)4-5-10(17)15-6-2-3-9(7-15)11(12,13)14/h8-9,16H,2-7H2,1H3. The molecular weight excluding hydrogens is 235 g/mol. The van der Waals surface area contributed by atoms with Crippen molar-refractivity contribution in [2.75, 3.05) is 13.1 Å². The summed E-state index contributed by atoms with van der Waals surface area (Å²) in [5.41, 5.74) is 0. The van der Waals surface area contributed by atoms with E-state index in [1.54, 1.807) is 6.92 Å². The molecule has 100 valence electrons. The van der Waals surface area contributed by atoms with Crippen LogP contribution in [0.4, 0.5) is 13.2 Å². The highest BCUT2D eigenvalue weighted by atomic mass is 19.4. The van der Waals surface area contributed by atoms with E-state index in [0.29, 0.717) is 19.4 Å². The summed E-state index contributed by atoms with van der Waals surface area (Å²) in [4.78, 5) is 12.9.